The van der Waals surface area contributed by atoms with E-state index >= 15 is 0 Å². The normalized spacial score (nSPS) is 12.7. The molecule has 1 atom stereocenters. The molecule has 162 valence electrons. The molecule has 0 amide bonds. The number of aromatic nitrogens is 5. The van der Waals surface area contributed by atoms with Crippen LogP contribution in [-0.4, -0.2) is 28.2 Å². The smallest absolute Gasteiger partial charge is 0.332 e. The molecule has 0 fully saturated rings. The quantitative estimate of drug-likeness (QED) is 0.519. The van der Waals surface area contributed by atoms with E-state index in [1.165, 1.54) is 27.6 Å². The lowest BCUT2D eigenvalue weighted by atomic mass is 10.0. The van der Waals surface area contributed by atoms with Crippen LogP contribution >= 0.6 is 11.6 Å². The zero-order valence-electron chi connectivity index (χ0n) is 17.6. The molecule has 1 aromatic carbocycles. The summed E-state index contributed by atoms with van der Waals surface area (Å²) in [6.45, 7) is 3.90. The van der Waals surface area contributed by atoms with E-state index in [0.29, 0.717) is 11.4 Å². The van der Waals surface area contributed by atoms with Crippen molar-refractivity contribution in [2.75, 3.05) is 0 Å². The maximum Gasteiger partial charge on any atom is 0.332 e. The Morgan fingerprint density at radius 1 is 1.06 bits per heavy atom. The van der Waals surface area contributed by atoms with Gasteiger partial charge in [-0.25, -0.2) is 9.20 Å². The van der Waals surface area contributed by atoms with Gasteiger partial charge in [0.2, 0.25) is 11.7 Å². The largest absolute Gasteiger partial charge is 0.494 e. The minimum Gasteiger partial charge on any atom is -0.494 e. The van der Waals surface area contributed by atoms with Crippen molar-refractivity contribution in [2.45, 2.75) is 32.7 Å². The van der Waals surface area contributed by atoms with Gasteiger partial charge in [0, 0.05) is 19.1 Å². The van der Waals surface area contributed by atoms with E-state index in [9.17, 15) is 19.5 Å². The van der Waals surface area contributed by atoms with Crippen LogP contribution in [0.25, 0.3) is 16.9 Å². The highest BCUT2D eigenvalue weighted by atomic mass is 35.5. The second-order valence-electron chi connectivity index (χ2n) is 7.69. The van der Waals surface area contributed by atoms with Crippen molar-refractivity contribution in [1.82, 2.24) is 23.1 Å². The van der Waals surface area contributed by atoms with Crippen molar-refractivity contribution < 1.29 is 5.11 Å². The minimum atomic E-state index is -0.604. The van der Waals surface area contributed by atoms with Gasteiger partial charge >= 0.3 is 5.69 Å². The van der Waals surface area contributed by atoms with Crippen molar-refractivity contribution in [3.63, 3.8) is 0 Å². The molecule has 9 nitrogen and oxygen atoms in total. The molecule has 1 N–H and O–H groups in total. The summed E-state index contributed by atoms with van der Waals surface area (Å²) in [5.41, 5.74) is -0.434. The Morgan fingerprint density at radius 2 is 1.71 bits per heavy atom. The first-order valence-corrected chi connectivity index (χ1v) is 10.2. The number of fused-ring (bicyclic) bond motifs is 3. The second-order valence-corrected chi connectivity index (χ2v) is 8.13. The van der Waals surface area contributed by atoms with E-state index in [-0.39, 0.29) is 40.8 Å². The summed E-state index contributed by atoms with van der Waals surface area (Å²) in [5, 5.41) is 11.6. The highest BCUT2D eigenvalue weighted by molar-refractivity contribution is 6.30. The standard InChI is InChI=1S/C21H22ClN5O4/c1-5-11(2)14-17(28)26(10-12-6-8-13(22)9-7-12)20-23-16-15(27(20)18(14)29)19(30)25(4)21(31)24(16)3/h6-9,11,29H,5,10H2,1-4H3. The van der Waals surface area contributed by atoms with Gasteiger partial charge in [-0.3, -0.25) is 23.3 Å². The Hall–Kier alpha value is -3.33. The molecule has 0 bridgehead atoms. The molecule has 0 aliphatic rings. The van der Waals surface area contributed by atoms with Crippen LogP contribution in [0, 0.1) is 0 Å². The number of hydrogen-bond donors (Lipinski definition) is 1. The lowest BCUT2D eigenvalue weighted by Gasteiger charge is -2.16. The molecular weight excluding hydrogens is 422 g/mol. The Bertz CT molecular complexity index is 1510. The third kappa shape index (κ3) is 3.07. The average Bonchev–Trinajstić information content (AvgIpc) is 3.16. The summed E-state index contributed by atoms with van der Waals surface area (Å²) in [6.07, 6.45) is 0.610. The molecule has 3 aromatic heterocycles. The van der Waals surface area contributed by atoms with Crippen LogP contribution in [0.15, 0.2) is 38.6 Å². The Labute approximate surface area is 181 Å². The SMILES string of the molecule is CCC(C)c1c(O)n2c3c(=O)n(C)c(=O)n(C)c3nc2n(Cc2ccc(Cl)cc2)c1=O. The molecule has 0 saturated carbocycles. The summed E-state index contributed by atoms with van der Waals surface area (Å²) >= 11 is 5.98. The molecule has 4 aromatic rings. The topological polar surface area (TPSA) is 104 Å². The predicted molar refractivity (Wildman–Crippen MR) is 118 cm³/mol. The monoisotopic (exact) mass is 443 g/mol. The van der Waals surface area contributed by atoms with Crippen molar-refractivity contribution in [2.24, 2.45) is 14.1 Å². The molecular formula is C21H22ClN5O4. The van der Waals surface area contributed by atoms with Crippen LogP contribution in [-0.2, 0) is 20.6 Å². The molecule has 0 saturated heterocycles. The molecule has 0 aliphatic carbocycles. The lowest BCUT2D eigenvalue weighted by Crippen LogP contribution is -2.37. The van der Waals surface area contributed by atoms with Gasteiger partial charge in [0.1, 0.15) is 0 Å². The maximum atomic E-state index is 13.4. The van der Waals surface area contributed by atoms with Crippen LogP contribution in [0.4, 0.5) is 0 Å². The van der Waals surface area contributed by atoms with E-state index in [4.69, 9.17) is 11.6 Å². The van der Waals surface area contributed by atoms with Gasteiger partial charge < -0.3 is 5.11 Å². The third-order valence-corrected chi connectivity index (χ3v) is 6.02. The maximum absolute atomic E-state index is 13.4. The summed E-state index contributed by atoms with van der Waals surface area (Å²) in [4.78, 5) is 43.2. The van der Waals surface area contributed by atoms with Gasteiger partial charge in [0.05, 0.1) is 12.1 Å². The van der Waals surface area contributed by atoms with Gasteiger partial charge in [0.25, 0.3) is 11.1 Å². The number of hydrogen-bond acceptors (Lipinski definition) is 5. The van der Waals surface area contributed by atoms with E-state index in [0.717, 1.165) is 10.1 Å². The zero-order chi connectivity index (χ0) is 22.6. The Balaban J connectivity index is 2.20. The molecule has 0 aliphatic heterocycles. The second kappa shape index (κ2) is 7.42. The lowest BCUT2D eigenvalue weighted by molar-refractivity contribution is 0.427. The molecule has 1 unspecified atom stereocenters. The van der Waals surface area contributed by atoms with Gasteiger partial charge in [-0.2, -0.15) is 4.98 Å². The van der Waals surface area contributed by atoms with E-state index in [1.54, 1.807) is 24.3 Å². The first kappa shape index (κ1) is 20.9. The number of nitrogens with zero attached hydrogens (tertiary/aromatic N) is 5. The van der Waals surface area contributed by atoms with E-state index in [2.05, 4.69) is 4.98 Å². The zero-order valence-corrected chi connectivity index (χ0v) is 18.3. The van der Waals surface area contributed by atoms with Gasteiger partial charge in [0.15, 0.2) is 11.2 Å². The molecule has 4 rings (SSSR count). The van der Waals surface area contributed by atoms with Crippen molar-refractivity contribution in [1.29, 1.82) is 0 Å². The summed E-state index contributed by atoms with van der Waals surface area (Å²) < 4.78 is 4.86. The average molecular weight is 444 g/mol. The molecule has 0 spiro atoms. The number of rotatable bonds is 4. The van der Waals surface area contributed by atoms with Crippen LogP contribution in [0.1, 0.15) is 37.3 Å². The molecule has 3 heterocycles. The summed E-state index contributed by atoms with van der Waals surface area (Å²) in [5.74, 6) is -0.514. The van der Waals surface area contributed by atoms with E-state index < -0.39 is 16.8 Å². The number of aryl methyl sites for hydroxylation is 1. The number of benzene rings is 1. The number of aromatic hydroxyl groups is 1. The highest BCUT2D eigenvalue weighted by Gasteiger charge is 2.26. The predicted octanol–water partition coefficient (Wildman–Crippen LogP) is 1.97. The van der Waals surface area contributed by atoms with Crippen LogP contribution in [0.5, 0.6) is 5.88 Å². The third-order valence-electron chi connectivity index (χ3n) is 5.77. The summed E-state index contributed by atoms with van der Waals surface area (Å²) in [7, 11) is 2.85. The molecule has 31 heavy (non-hydrogen) atoms. The summed E-state index contributed by atoms with van der Waals surface area (Å²) in [6, 6.07) is 7.02. The van der Waals surface area contributed by atoms with Crippen LogP contribution in [0.3, 0.4) is 0 Å². The van der Waals surface area contributed by atoms with Crippen LogP contribution < -0.4 is 16.8 Å². The first-order chi connectivity index (χ1) is 14.7. The Morgan fingerprint density at radius 3 is 2.32 bits per heavy atom. The van der Waals surface area contributed by atoms with E-state index in [1.807, 2.05) is 13.8 Å². The fourth-order valence-corrected chi connectivity index (χ4v) is 3.89. The van der Waals surface area contributed by atoms with Crippen molar-refractivity contribution in [3.05, 3.63) is 71.6 Å². The number of halogens is 1. The molecule has 10 heteroatoms. The van der Waals surface area contributed by atoms with Crippen molar-refractivity contribution in [3.8, 4) is 5.88 Å². The first-order valence-electron chi connectivity index (χ1n) is 9.85. The van der Waals surface area contributed by atoms with Gasteiger partial charge in [-0.05, 0) is 30.0 Å². The van der Waals surface area contributed by atoms with Gasteiger partial charge in [-0.1, -0.05) is 37.6 Å². The Kier molecular flexibility index (Phi) is 5.01. The minimum absolute atomic E-state index is 0.0338. The van der Waals surface area contributed by atoms with Crippen LogP contribution in [0.2, 0.25) is 5.02 Å². The number of imidazole rings is 1. The fourth-order valence-electron chi connectivity index (χ4n) is 3.77. The van der Waals surface area contributed by atoms with Gasteiger partial charge in [-0.15, -0.1) is 0 Å². The fraction of sp³-hybridized carbons (Fsp3) is 0.333. The molecule has 0 radical (unpaired) electrons. The van der Waals surface area contributed by atoms with Crippen molar-refractivity contribution >= 4 is 28.5 Å². The highest BCUT2D eigenvalue weighted by Crippen LogP contribution is 2.28.